The Morgan fingerprint density at radius 3 is 2.50 bits per heavy atom. The number of hydrogen-bond donors (Lipinski definition) is 2. The first-order chi connectivity index (χ1) is 16.5. The molecule has 0 aliphatic heterocycles. The molecule has 0 fully saturated rings. The van der Waals surface area contributed by atoms with E-state index in [1.54, 1.807) is 42.5 Å². The van der Waals surface area contributed by atoms with E-state index in [1.807, 2.05) is 0 Å². The molecule has 0 saturated heterocycles. The number of rotatable bonds is 5. The first kappa shape index (κ1) is 21.8. The van der Waals surface area contributed by atoms with Gasteiger partial charge in [0.15, 0.2) is 17.1 Å². The first-order valence-corrected chi connectivity index (χ1v) is 10.7. The molecule has 0 aliphatic rings. The summed E-state index contributed by atoms with van der Waals surface area (Å²) in [6.45, 7) is 0. The van der Waals surface area contributed by atoms with Crippen LogP contribution in [0, 0.1) is 0 Å². The number of amides is 2. The number of benzene rings is 2. The molecule has 5 aromatic rings. The van der Waals surface area contributed by atoms with Crippen molar-refractivity contribution in [2.45, 2.75) is 0 Å². The highest BCUT2D eigenvalue weighted by Gasteiger charge is 2.22. The van der Waals surface area contributed by atoms with Crippen molar-refractivity contribution >= 4 is 68.3 Å². The van der Waals surface area contributed by atoms with Gasteiger partial charge in [-0.15, -0.1) is 0 Å². The SMILES string of the molecule is COc1ccc(C(=O)Nc2c(Cl)cncc2Cl)c2c1oc1ccc(NC(=O)c3ccco3)cc12. The topological polar surface area (TPSA) is 107 Å². The molecule has 0 saturated carbocycles. The lowest BCUT2D eigenvalue weighted by molar-refractivity contribution is 0.0994. The van der Waals surface area contributed by atoms with Gasteiger partial charge in [-0.1, -0.05) is 23.2 Å². The minimum absolute atomic E-state index is 0.171. The maximum Gasteiger partial charge on any atom is 0.291 e. The molecule has 2 amide bonds. The van der Waals surface area contributed by atoms with Crippen LogP contribution >= 0.6 is 23.2 Å². The molecule has 0 bridgehead atoms. The Morgan fingerprint density at radius 1 is 1.00 bits per heavy atom. The Morgan fingerprint density at radius 2 is 1.79 bits per heavy atom. The van der Waals surface area contributed by atoms with Gasteiger partial charge in [0, 0.05) is 28.9 Å². The van der Waals surface area contributed by atoms with Crippen LogP contribution in [0.5, 0.6) is 5.75 Å². The summed E-state index contributed by atoms with van der Waals surface area (Å²) < 4.78 is 16.6. The zero-order valence-corrected chi connectivity index (χ0v) is 19.0. The number of nitrogens with zero attached hydrogens (tertiary/aromatic N) is 1. The van der Waals surface area contributed by atoms with Gasteiger partial charge in [-0.2, -0.15) is 0 Å². The highest BCUT2D eigenvalue weighted by molar-refractivity contribution is 6.40. The van der Waals surface area contributed by atoms with Crippen LogP contribution in [-0.4, -0.2) is 23.9 Å². The number of fused-ring (bicyclic) bond motifs is 3. The molecular formula is C24H15Cl2N3O5. The van der Waals surface area contributed by atoms with E-state index in [4.69, 9.17) is 36.8 Å². The van der Waals surface area contributed by atoms with Gasteiger partial charge < -0.3 is 24.2 Å². The second kappa shape index (κ2) is 8.74. The fraction of sp³-hybridized carbons (Fsp3) is 0.0417. The van der Waals surface area contributed by atoms with Crippen LogP contribution in [0.25, 0.3) is 21.9 Å². The molecule has 0 atom stereocenters. The zero-order valence-electron chi connectivity index (χ0n) is 17.5. The number of methoxy groups -OCH3 is 1. The second-order valence-electron chi connectivity index (χ2n) is 7.20. The predicted octanol–water partition coefficient (Wildman–Crippen LogP) is 6.39. The molecule has 0 spiro atoms. The molecule has 3 aromatic heterocycles. The smallest absolute Gasteiger partial charge is 0.291 e. The fourth-order valence-corrected chi connectivity index (χ4v) is 4.06. The number of furan rings is 2. The Kier molecular flexibility index (Phi) is 5.61. The molecule has 3 heterocycles. The van der Waals surface area contributed by atoms with Gasteiger partial charge in [-0.25, -0.2) is 0 Å². The van der Waals surface area contributed by atoms with Crippen molar-refractivity contribution < 1.29 is 23.2 Å². The second-order valence-corrected chi connectivity index (χ2v) is 8.01. The summed E-state index contributed by atoms with van der Waals surface area (Å²) in [5.41, 5.74) is 1.92. The van der Waals surface area contributed by atoms with Gasteiger partial charge in [0.25, 0.3) is 11.8 Å². The van der Waals surface area contributed by atoms with Crippen LogP contribution in [0.1, 0.15) is 20.9 Å². The molecule has 8 nitrogen and oxygen atoms in total. The lowest BCUT2D eigenvalue weighted by Crippen LogP contribution is -2.13. The summed E-state index contributed by atoms with van der Waals surface area (Å²) in [4.78, 5) is 29.6. The average molecular weight is 496 g/mol. The Hall–Kier alpha value is -4.01. The maximum atomic E-state index is 13.3. The monoisotopic (exact) mass is 495 g/mol. The van der Waals surface area contributed by atoms with E-state index in [9.17, 15) is 9.59 Å². The number of halogens is 2. The maximum absolute atomic E-state index is 13.3. The van der Waals surface area contributed by atoms with E-state index < -0.39 is 11.8 Å². The zero-order chi connectivity index (χ0) is 23.8. The van der Waals surface area contributed by atoms with Crippen molar-refractivity contribution in [3.63, 3.8) is 0 Å². The Balaban J connectivity index is 1.61. The number of carbonyl (C=O) groups excluding carboxylic acids is 2. The summed E-state index contributed by atoms with van der Waals surface area (Å²) >= 11 is 12.3. The summed E-state index contributed by atoms with van der Waals surface area (Å²) in [6, 6.07) is 11.5. The number of nitrogens with one attached hydrogen (secondary N) is 2. The van der Waals surface area contributed by atoms with Crippen molar-refractivity contribution in [2.75, 3.05) is 17.7 Å². The number of ether oxygens (including phenoxy) is 1. The molecule has 10 heteroatoms. The molecule has 2 N–H and O–H groups in total. The lowest BCUT2D eigenvalue weighted by atomic mass is 10.0. The Bertz CT molecular complexity index is 1540. The standard InChI is InChI=1S/C24H15Cl2N3O5/c1-32-18-7-5-13(23(30)29-21-15(25)10-27-11-16(21)26)20-14-9-12(4-6-17(14)34-22(18)20)28-24(31)19-3-2-8-33-19/h2-11H,1H3,(H,28,31)(H,27,29,30). The molecule has 0 aliphatic carbocycles. The van der Waals surface area contributed by atoms with Crippen LogP contribution < -0.4 is 15.4 Å². The van der Waals surface area contributed by atoms with E-state index in [0.717, 1.165) is 0 Å². The molecule has 2 aromatic carbocycles. The van der Waals surface area contributed by atoms with Crippen molar-refractivity contribution in [3.05, 3.63) is 82.5 Å². The molecule has 34 heavy (non-hydrogen) atoms. The minimum Gasteiger partial charge on any atom is -0.493 e. The number of hydrogen-bond acceptors (Lipinski definition) is 6. The van der Waals surface area contributed by atoms with Gasteiger partial charge in [0.1, 0.15) is 5.58 Å². The number of carbonyl (C=O) groups is 2. The fourth-order valence-electron chi connectivity index (χ4n) is 3.60. The third kappa shape index (κ3) is 3.83. The van der Waals surface area contributed by atoms with Crippen LogP contribution in [0.2, 0.25) is 10.0 Å². The summed E-state index contributed by atoms with van der Waals surface area (Å²) in [7, 11) is 1.51. The predicted molar refractivity (Wildman–Crippen MR) is 129 cm³/mol. The first-order valence-electron chi connectivity index (χ1n) is 9.94. The molecule has 5 rings (SSSR count). The highest BCUT2D eigenvalue weighted by Crippen LogP contribution is 2.39. The molecule has 170 valence electrons. The molecule has 0 radical (unpaired) electrons. The minimum atomic E-state index is -0.463. The third-order valence-electron chi connectivity index (χ3n) is 5.14. The summed E-state index contributed by atoms with van der Waals surface area (Å²) in [5.74, 6) is -0.251. The van der Waals surface area contributed by atoms with Gasteiger partial charge in [0.05, 0.1) is 34.7 Å². The lowest BCUT2D eigenvalue weighted by Gasteiger charge is -2.10. The van der Waals surface area contributed by atoms with Gasteiger partial charge in [0.2, 0.25) is 0 Å². The summed E-state index contributed by atoms with van der Waals surface area (Å²) in [5, 5.41) is 7.01. The summed E-state index contributed by atoms with van der Waals surface area (Å²) in [6.07, 6.45) is 4.18. The molecule has 0 unspecified atom stereocenters. The number of aromatic nitrogens is 1. The largest absolute Gasteiger partial charge is 0.493 e. The van der Waals surface area contributed by atoms with Gasteiger partial charge in [-0.05, 0) is 42.5 Å². The van der Waals surface area contributed by atoms with Crippen molar-refractivity contribution in [3.8, 4) is 5.75 Å². The highest BCUT2D eigenvalue weighted by atomic mass is 35.5. The van der Waals surface area contributed by atoms with Crippen LogP contribution in [0.4, 0.5) is 11.4 Å². The quantitative estimate of drug-likeness (QED) is 0.292. The van der Waals surface area contributed by atoms with E-state index in [1.165, 1.54) is 25.8 Å². The van der Waals surface area contributed by atoms with Gasteiger partial charge >= 0.3 is 0 Å². The van der Waals surface area contributed by atoms with E-state index in [-0.39, 0.29) is 21.5 Å². The van der Waals surface area contributed by atoms with Crippen LogP contribution in [0.15, 0.2) is 70.0 Å². The Labute approximate surface area is 202 Å². The van der Waals surface area contributed by atoms with Crippen molar-refractivity contribution in [1.29, 1.82) is 0 Å². The van der Waals surface area contributed by atoms with Crippen LogP contribution in [0.3, 0.4) is 0 Å². The molecular weight excluding hydrogens is 481 g/mol. The van der Waals surface area contributed by atoms with Crippen molar-refractivity contribution in [1.82, 2.24) is 4.98 Å². The van der Waals surface area contributed by atoms with Crippen LogP contribution in [-0.2, 0) is 0 Å². The van der Waals surface area contributed by atoms with Gasteiger partial charge in [-0.3, -0.25) is 14.6 Å². The third-order valence-corrected chi connectivity index (χ3v) is 5.71. The van der Waals surface area contributed by atoms with E-state index in [0.29, 0.717) is 38.9 Å². The number of anilines is 2. The average Bonchev–Trinajstić information content (AvgIpc) is 3.49. The van der Waals surface area contributed by atoms with E-state index in [2.05, 4.69) is 15.6 Å². The van der Waals surface area contributed by atoms with Crippen molar-refractivity contribution in [2.24, 2.45) is 0 Å². The number of pyridine rings is 1. The van der Waals surface area contributed by atoms with E-state index >= 15 is 0 Å². The normalized spacial score (nSPS) is 11.0.